The van der Waals surface area contributed by atoms with Gasteiger partial charge in [0.05, 0.1) is 18.1 Å². The topological polar surface area (TPSA) is 80.5 Å². The lowest BCUT2D eigenvalue weighted by molar-refractivity contribution is 0.0994. The van der Waals surface area contributed by atoms with Gasteiger partial charge in [-0.3, -0.25) is 14.7 Å². The van der Waals surface area contributed by atoms with Crippen molar-refractivity contribution in [3.8, 4) is 22.5 Å². The van der Waals surface area contributed by atoms with E-state index in [2.05, 4.69) is 16.0 Å². The number of pyridine rings is 1. The highest BCUT2D eigenvalue weighted by Gasteiger charge is 2.25. The Morgan fingerprint density at radius 2 is 1.70 bits per heavy atom. The van der Waals surface area contributed by atoms with Crippen LogP contribution in [0.4, 0.5) is 0 Å². The first-order valence-corrected chi connectivity index (χ1v) is 11.9. The van der Waals surface area contributed by atoms with Crippen molar-refractivity contribution in [3.63, 3.8) is 0 Å². The van der Waals surface area contributed by atoms with Gasteiger partial charge in [0.1, 0.15) is 11.5 Å². The number of carbonyl (C=O) groups is 1. The summed E-state index contributed by atoms with van der Waals surface area (Å²) in [7, 11) is -2.91. The summed E-state index contributed by atoms with van der Waals surface area (Å²) < 4.78 is 29.7. The molecule has 0 unspecified atom stereocenters. The van der Waals surface area contributed by atoms with Crippen LogP contribution in [0.15, 0.2) is 53.2 Å². The molecule has 7 heteroatoms. The Hall–Kier alpha value is -2.77. The van der Waals surface area contributed by atoms with Gasteiger partial charge < -0.3 is 4.42 Å². The molecule has 2 aromatic heterocycles. The first-order chi connectivity index (χ1) is 14.5. The Morgan fingerprint density at radius 3 is 2.47 bits per heavy atom. The number of benzene rings is 1. The third kappa shape index (κ3) is 3.70. The quantitative estimate of drug-likeness (QED) is 0.641. The van der Waals surface area contributed by atoms with E-state index in [1.54, 1.807) is 12.4 Å². The first-order valence-electron chi connectivity index (χ1n) is 10.1. The number of carbonyl (C=O) groups excluding carboxylic acids is 1. The Labute approximate surface area is 175 Å². The summed E-state index contributed by atoms with van der Waals surface area (Å²) >= 11 is 0. The average Bonchev–Trinajstić information content (AvgIpc) is 3.34. The van der Waals surface area contributed by atoms with Crippen LogP contribution in [-0.4, -0.2) is 48.7 Å². The Morgan fingerprint density at radius 1 is 0.933 bits per heavy atom. The number of ketones is 1. The van der Waals surface area contributed by atoms with Crippen LogP contribution in [0.1, 0.15) is 28.1 Å². The molecule has 0 N–H and O–H groups in total. The van der Waals surface area contributed by atoms with Gasteiger partial charge in [0, 0.05) is 48.6 Å². The zero-order valence-electron chi connectivity index (χ0n) is 16.5. The molecule has 0 spiro atoms. The predicted molar refractivity (Wildman–Crippen MR) is 114 cm³/mol. The summed E-state index contributed by atoms with van der Waals surface area (Å²) in [6.07, 6.45) is 4.82. The van der Waals surface area contributed by atoms with Crippen molar-refractivity contribution in [2.75, 3.05) is 24.6 Å². The second kappa shape index (κ2) is 7.49. The van der Waals surface area contributed by atoms with Crippen LogP contribution in [0.5, 0.6) is 0 Å². The summed E-state index contributed by atoms with van der Waals surface area (Å²) in [4.78, 5) is 18.2. The van der Waals surface area contributed by atoms with E-state index in [9.17, 15) is 13.2 Å². The number of aromatic nitrogens is 1. The van der Waals surface area contributed by atoms with E-state index < -0.39 is 9.84 Å². The molecule has 0 bridgehead atoms. The van der Waals surface area contributed by atoms with E-state index in [1.807, 2.05) is 30.3 Å². The third-order valence-electron chi connectivity index (χ3n) is 5.88. The van der Waals surface area contributed by atoms with Crippen molar-refractivity contribution in [2.45, 2.75) is 19.4 Å². The number of furan rings is 1. The van der Waals surface area contributed by atoms with E-state index in [1.165, 1.54) is 0 Å². The van der Waals surface area contributed by atoms with E-state index in [-0.39, 0.29) is 17.3 Å². The van der Waals surface area contributed by atoms with Crippen molar-refractivity contribution >= 4 is 15.6 Å². The fourth-order valence-corrected chi connectivity index (χ4v) is 5.48. The zero-order valence-corrected chi connectivity index (χ0v) is 17.3. The van der Waals surface area contributed by atoms with Crippen LogP contribution >= 0.6 is 0 Å². The SMILES string of the molecule is O=C1CCc2cc(-c3cc(CN4CCS(=O)(=O)CC4)oc3-c3ccncc3)ccc21. The van der Waals surface area contributed by atoms with Gasteiger partial charge in [0.25, 0.3) is 0 Å². The smallest absolute Gasteiger partial charge is 0.163 e. The summed E-state index contributed by atoms with van der Waals surface area (Å²) in [6.45, 7) is 1.60. The molecule has 1 saturated heterocycles. The van der Waals surface area contributed by atoms with Crippen LogP contribution in [0, 0.1) is 0 Å². The number of Topliss-reactive ketones (excluding diaryl/α,β-unsaturated/α-hetero) is 1. The largest absolute Gasteiger partial charge is 0.459 e. The molecule has 0 amide bonds. The molecule has 3 heterocycles. The van der Waals surface area contributed by atoms with Crippen LogP contribution in [0.25, 0.3) is 22.5 Å². The Kier molecular flexibility index (Phi) is 4.79. The number of aryl methyl sites for hydroxylation is 1. The van der Waals surface area contributed by atoms with Gasteiger partial charge in [-0.1, -0.05) is 18.2 Å². The number of hydrogen-bond donors (Lipinski definition) is 0. The number of rotatable bonds is 4. The van der Waals surface area contributed by atoms with Gasteiger partial charge in [0.15, 0.2) is 15.6 Å². The highest BCUT2D eigenvalue weighted by molar-refractivity contribution is 7.91. The normalized spacial score (nSPS) is 18.5. The van der Waals surface area contributed by atoms with Crippen molar-refractivity contribution in [2.24, 2.45) is 0 Å². The van der Waals surface area contributed by atoms with Crippen LogP contribution in [0.2, 0.25) is 0 Å². The lowest BCUT2D eigenvalue weighted by atomic mass is 9.98. The fourth-order valence-electron chi connectivity index (χ4n) is 4.20. The van der Waals surface area contributed by atoms with Gasteiger partial charge in [0.2, 0.25) is 0 Å². The van der Waals surface area contributed by atoms with E-state index in [0.29, 0.717) is 26.1 Å². The maximum absolute atomic E-state index is 12.0. The standard InChI is InChI=1S/C23H22N2O4S/c26-22-4-2-17-13-18(1-3-20(17)22)21-14-19(15-25-9-11-30(27,28)12-10-25)29-23(21)16-5-7-24-8-6-16/h1,3,5-8,13-14H,2,4,9-12,15H2. The number of fused-ring (bicyclic) bond motifs is 1. The maximum Gasteiger partial charge on any atom is 0.163 e. The Bertz CT molecular complexity index is 1200. The van der Waals surface area contributed by atoms with Crippen molar-refractivity contribution < 1.29 is 17.6 Å². The lowest BCUT2D eigenvalue weighted by Gasteiger charge is -2.25. The lowest BCUT2D eigenvalue weighted by Crippen LogP contribution is -2.39. The first kappa shape index (κ1) is 19.2. The predicted octanol–water partition coefficient (Wildman–Crippen LogP) is 3.37. The molecule has 1 aliphatic heterocycles. The third-order valence-corrected chi connectivity index (χ3v) is 7.49. The summed E-state index contributed by atoms with van der Waals surface area (Å²) in [6, 6.07) is 11.9. The van der Waals surface area contributed by atoms with Gasteiger partial charge in [-0.2, -0.15) is 0 Å². The van der Waals surface area contributed by atoms with Crippen molar-refractivity contribution in [1.29, 1.82) is 0 Å². The van der Waals surface area contributed by atoms with Gasteiger partial charge in [-0.25, -0.2) is 8.42 Å². The van der Waals surface area contributed by atoms with Crippen molar-refractivity contribution in [1.82, 2.24) is 9.88 Å². The minimum absolute atomic E-state index is 0.191. The second-order valence-corrected chi connectivity index (χ2v) is 10.2. The molecule has 0 atom stereocenters. The monoisotopic (exact) mass is 422 g/mol. The molecule has 1 fully saturated rings. The summed E-state index contributed by atoms with van der Waals surface area (Å²) in [5, 5.41) is 0. The molecule has 1 aliphatic carbocycles. The fraction of sp³-hybridized carbons (Fsp3) is 0.304. The van der Waals surface area contributed by atoms with Crippen molar-refractivity contribution in [3.05, 3.63) is 65.7 Å². The molecule has 0 radical (unpaired) electrons. The van der Waals surface area contributed by atoms with E-state index in [0.717, 1.165) is 45.8 Å². The molecular weight excluding hydrogens is 400 g/mol. The summed E-state index contributed by atoms with van der Waals surface area (Å²) in [5.74, 6) is 2.15. The molecule has 30 heavy (non-hydrogen) atoms. The zero-order chi connectivity index (χ0) is 20.7. The minimum atomic E-state index is -2.91. The molecule has 2 aliphatic rings. The summed E-state index contributed by atoms with van der Waals surface area (Å²) in [5.41, 5.74) is 4.84. The number of nitrogens with zero attached hydrogens (tertiary/aromatic N) is 2. The average molecular weight is 423 g/mol. The Balaban J connectivity index is 1.51. The van der Waals surface area contributed by atoms with Gasteiger partial charge in [-0.15, -0.1) is 0 Å². The molecule has 1 aromatic carbocycles. The molecule has 5 rings (SSSR count). The number of sulfone groups is 1. The molecule has 154 valence electrons. The molecular formula is C23H22N2O4S. The van der Waals surface area contributed by atoms with Gasteiger partial charge in [-0.05, 0) is 35.7 Å². The highest BCUT2D eigenvalue weighted by atomic mass is 32.2. The van der Waals surface area contributed by atoms with Gasteiger partial charge >= 0.3 is 0 Å². The van der Waals surface area contributed by atoms with Crippen LogP contribution in [-0.2, 0) is 22.8 Å². The second-order valence-electron chi connectivity index (χ2n) is 7.91. The molecule has 3 aromatic rings. The molecule has 6 nitrogen and oxygen atoms in total. The van der Waals surface area contributed by atoms with E-state index >= 15 is 0 Å². The van der Waals surface area contributed by atoms with Crippen LogP contribution in [0.3, 0.4) is 0 Å². The number of hydrogen-bond acceptors (Lipinski definition) is 6. The van der Waals surface area contributed by atoms with Crippen LogP contribution < -0.4 is 0 Å². The molecule has 0 saturated carbocycles. The highest BCUT2D eigenvalue weighted by Crippen LogP contribution is 2.37. The van der Waals surface area contributed by atoms with E-state index in [4.69, 9.17) is 4.42 Å². The minimum Gasteiger partial charge on any atom is -0.459 e. The maximum atomic E-state index is 12.0.